The molecule has 0 spiro atoms. The van der Waals surface area contributed by atoms with Crippen molar-refractivity contribution in [2.75, 3.05) is 13.6 Å². The molecule has 94 valence electrons. The van der Waals surface area contributed by atoms with Gasteiger partial charge >= 0.3 is 0 Å². The number of rotatable bonds is 4. The fourth-order valence-electron chi connectivity index (χ4n) is 2.45. The first-order valence-corrected chi connectivity index (χ1v) is 6.34. The molecular weight excluding hydrogens is 238 g/mol. The molecule has 1 N–H and O–H groups in total. The number of aliphatic hydroxyl groups is 1. The average molecular weight is 256 g/mol. The fourth-order valence-corrected chi connectivity index (χ4v) is 2.55. The molecule has 0 saturated heterocycles. The van der Waals surface area contributed by atoms with Crippen LogP contribution >= 0.6 is 11.6 Å². The van der Waals surface area contributed by atoms with Crippen molar-refractivity contribution in [2.45, 2.75) is 37.8 Å². The van der Waals surface area contributed by atoms with Crippen LogP contribution < -0.4 is 0 Å². The number of aromatic nitrogens is 2. The first-order chi connectivity index (χ1) is 8.07. The molecule has 2 rings (SSSR count). The Kier molecular flexibility index (Phi) is 3.97. The third kappa shape index (κ3) is 3.63. The minimum Gasteiger partial charge on any atom is -0.389 e. The van der Waals surface area contributed by atoms with Crippen LogP contribution in [0.5, 0.6) is 0 Å². The molecule has 5 heteroatoms. The summed E-state index contributed by atoms with van der Waals surface area (Å²) in [6.07, 6.45) is 4.07. The van der Waals surface area contributed by atoms with Crippen LogP contribution in [-0.4, -0.2) is 39.4 Å². The number of hydrogen-bond acceptors (Lipinski definition) is 4. The van der Waals surface area contributed by atoms with Crippen LogP contribution in [0.4, 0.5) is 0 Å². The van der Waals surface area contributed by atoms with Gasteiger partial charge in [0.05, 0.1) is 11.3 Å². The van der Waals surface area contributed by atoms with Crippen LogP contribution in [0.2, 0.25) is 5.15 Å². The second-order valence-corrected chi connectivity index (χ2v) is 5.34. The van der Waals surface area contributed by atoms with Gasteiger partial charge in [-0.3, -0.25) is 4.90 Å². The lowest BCUT2D eigenvalue weighted by atomic mass is 10.0. The molecule has 0 amide bonds. The minimum atomic E-state index is -0.505. The highest BCUT2D eigenvalue weighted by Gasteiger charge is 2.32. The van der Waals surface area contributed by atoms with Crippen molar-refractivity contribution in [3.8, 4) is 0 Å². The molecule has 1 aromatic rings. The van der Waals surface area contributed by atoms with Crippen molar-refractivity contribution in [2.24, 2.45) is 0 Å². The highest BCUT2D eigenvalue weighted by molar-refractivity contribution is 6.29. The molecule has 0 radical (unpaired) electrons. The van der Waals surface area contributed by atoms with Crippen molar-refractivity contribution in [1.29, 1.82) is 0 Å². The molecule has 1 aromatic heterocycles. The summed E-state index contributed by atoms with van der Waals surface area (Å²) in [5, 5.41) is 18.5. The molecular formula is C12H18ClN3O. The van der Waals surface area contributed by atoms with Crippen molar-refractivity contribution in [3.05, 3.63) is 23.0 Å². The average Bonchev–Trinajstić information content (AvgIpc) is 2.68. The van der Waals surface area contributed by atoms with E-state index in [-0.39, 0.29) is 0 Å². The maximum Gasteiger partial charge on any atom is 0.151 e. The normalized spacial score (nSPS) is 18.8. The number of likely N-dealkylation sites (N-methyl/N-ethyl adjacent to an activating group) is 1. The Hall–Kier alpha value is -0.710. The Bertz CT molecular complexity index is 363. The van der Waals surface area contributed by atoms with Gasteiger partial charge in [-0.05, 0) is 32.0 Å². The summed E-state index contributed by atoms with van der Waals surface area (Å²) in [5.74, 6) is 0. The van der Waals surface area contributed by atoms with Crippen LogP contribution in [0.25, 0.3) is 0 Å². The van der Waals surface area contributed by atoms with Gasteiger partial charge in [0.2, 0.25) is 0 Å². The summed E-state index contributed by atoms with van der Waals surface area (Å²) >= 11 is 5.68. The quantitative estimate of drug-likeness (QED) is 0.892. The smallest absolute Gasteiger partial charge is 0.151 e. The van der Waals surface area contributed by atoms with Crippen LogP contribution in [0.15, 0.2) is 12.1 Å². The Labute approximate surface area is 107 Å². The topological polar surface area (TPSA) is 49.2 Å². The standard InChI is InChI=1S/C12H18ClN3O/c1-16(9-12(17)6-2-3-7-12)8-10-4-5-11(13)15-14-10/h4-5,17H,2-3,6-9H2,1H3. The lowest BCUT2D eigenvalue weighted by Crippen LogP contribution is -2.38. The van der Waals surface area contributed by atoms with Crippen LogP contribution in [0.3, 0.4) is 0 Å². The highest BCUT2D eigenvalue weighted by atomic mass is 35.5. The molecule has 0 unspecified atom stereocenters. The Morgan fingerprint density at radius 3 is 2.65 bits per heavy atom. The maximum atomic E-state index is 10.3. The van der Waals surface area contributed by atoms with Crippen LogP contribution in [-0.2, 0) is 6.54 Å². The second-order valence-electron chi connectivity index (χ2n) is 4.95. The van der Waals surface area contributed by atoms with E-state index >= 15 is 0 Å². The zero-order chi connectivity index (χ0) is 12.3. The van der Waals surface area contributed by atoms with E-state index in [0.717, 1.165) is 31.4 Å². The zero-order valence-corrected chi connectivity index (χ0v) is 10.8. The van der Waals surface area contributed by atoms with Gasteiger partial charge in [-0.25, -0.2) is 0 Å². The van der Waals surface area contributed by atoms with Crippen molar-refractivity contribution in [3.63, 3.8) is 0 Å². The summed E-state index contributed by atoms with van der Waals surface area (Å²) in [6.45, 7) is 1.38. The van der Waals surface area contributed by atoms with Gasteiger partial charge in [-0.2, -0.15) is 5.10 Å². The van der Waals surface area contributed by atoms with Gasteiger partial charge in [0.15, 0.2) is 5.15 Å². The lowest BCUT2D eigenvalue weighted by molar-refractivity contribution is 0.0142. The monoisotopic (exact) mass is 255 g/mol. The summed E-state index contributed by atoms with van der Waals surface area (Å²) in [6, 6.07) is 3.60. The van der Waals surface area contributed by atoms with E-state index in [1.54, 1.807) is 6.07 Å². The van der Waals surface area contributed by atoms with E-state index in [9.17, 15) is 5.11 Å². The van der Waals surface area contributed by atoms with E-state index in [1.807, 2.05) is 13.1 Å². The molecule has 17 heavy (non-hydrogen) atoms. The summed E-state index contributed by atoms with van der Waals surface area (Å²) in [5.41, 5.74) is 0.368. The minimum absolute atomic E-state index is 0.408. The van der Waals surface area contributed by atoms with Gasteiger partial charge in [0.25, 0.3) is 0 Å². The predicted octanol–water partition coefficient (Wildman–Crippen LogP) is 1.87. The van der Waals surface area contributed by atoms with Gasteiger partial charge in [-0.15, -0.1) is 5.10 Å². The number of hydrogen-bond donors (Lipinski definition) is 1. The molecule has 4 nitrogen and oxygen atoms in total. The zero-order valence-electron chi connectivity index (χ0n) is 10.1. The SMILES string of the molecule is CN(Cc1ccc(Cl)nn1)CC1(O)CCCC1. The molecule has 1 aliphatic rings. The lowest BCUT2D eigenvalue weighted by Gasteiger charge is -2.28. The summed E-state index contributed by atoms with van der Waals surface area (Å²) < 4.78 is 0. The van der Waals surface area contributed by atoms with Gasteiger partial charge in [0, 0.05) is 13.1 Å². The third-order valence-corrected chi connectivity index (χ3v) is 3.42. The largest absolute Gasteiger partial charge is 0.389 e. The molecule has 1 fully saturated rings. The molecule has 0 atom stereocenters. The van der Waals surface area contributed by atoms with Crippen LogP contribution in [0.1, 0.15) is 31.4 Å². The van der Waals surface area contributed by atoms with Gasteiger partial charge in [0.1, 0.15) is 0 Å². The predicted molar refractivity (Wildman–Crippen MR) is 66.8 cm³/mol. The molecule has 1 saturated carbocycles. The molecule has 0 aliphatic heterocycles. The number of halogens is 1. The first kappa shape index (κ1) is 12.7. The second kappa shape index (κ2) is 5.29. The van der Waals surface area contributed by atoms with Gasteiger partial charge in [-0.1, -0.05) is 24.4 Å². The Morgan fingerprint density at radius 2 is 2.06 bits per heavy atom. The van der Waals surface area contributed by atoms with E-state index in [0.29, 0.717) is 18.2 Å². The summed E-state index contributed by atoms with van der Waals surface area (Å²) in [4.78, 5) is 2.09. The van der Waals surface area contributed by atoms with Gasteiger partial charge < -0.3 is 5.11 Å². The van der Waals surface area contributed by atoms with E-state index in [4.69, 9.17) is 11.6 Å². The molecule has 1 heterocycles. The van der Waals surface area contributed by atoms with Crippen LogP contribution in [0, 0.1) is 0 Å². The van der Waals surface area contributed by atoms with Crippen molar-refractivity contribution < 1.29 is 5.11 Å². The third-order valence-electron chi connectivity index (χ3n) is 3.22. The Balaban J connectivity index is 1.88. The Morgan fingerprint density at radius 1 is 1.35 bits per heavy atom. The first-order valence-electron chi connectivity index (χ1n) is 5.96. The maximum absolute atomic E-state index is 10.3. The highest BCUT2D eigenvalue weighted by Crippen LogP contribution is 2.30. The van der Waals surface area contributed by atoms with E-state index in [2.05, 4.69) is 15.1 Å². The molecule has 1 aliphatic carbocycles. The molecule has 0 bridgehead atoms. The molecule has 0 aromatic carbocycles. The van der Waals surface area contributed by atoms with E-state index < -0.39 is 5.60 Å². The number of nitrogens with zero attached hydrogens (tertiary/aromatic N) is 3. The fraction of sp³-hybridized carbons (Fsp3) is 0.667. The van der Waals surface area contributed by atoms with Crippen molar-refractivity contribution >= 4 is 11.6 Å². The summed E-state index contributed by atoms with van der Waals surface area (Å²) in [7, 11) is 1.99. The van der Waals surface area contributed by atoms with E-state index in [1.165, 1.54) is 0 Å². The van der Waals surface area contributed by atoms with Crippen molar-refractivity contribution in [1.82, 2.24) is 15.1 Å².